The van der Waals surface area contributed by atoms with Crippen molar-refractivity contribution in [3.05, 3.63) is 24.8 Å². The molecule has 2 heteroatoms. The van der Waals surface area contributed by atoms with Gasteiger partial charge in [0.1, 0.15) is 0 Å². The molecule has 0 saturated heterocycles. The van der Waals surface area contributed by atoms with E-state index in [2.05, 4.69) is 19.6 Å². The van der Waals surface area contributed by atoms with Crippen molar-refractivity contribution in [1.29, 1.82) is 0 Å². The zero-order chi connectivity index (χ0) is 13.6. The monoisotopic (exact) mass is 252 g/mol. The molecule has 0 aliphatic carbocycles. The Labute approximate surface area is 112 Å². The summed E-state index contributed by atoms with van der Waals surface area (Å²) in [5, 5.41) is 8.86. The highest BCUT2D eigenvalue weighted by Gasteiger charge is 2.12. The average molecular weight is 252 g/mol. The number of hydrogen-bond acceptors (Lipinski definition) is 1. The van der Waals surface area contributed by atoms with Crippen molar-refractivity contribution in [2.75, 3.05) is 0 Å². The van der Waals surface area contributed by atoms with Crippen molar-refractivity contribution < 1.29 is 9.90 Å². The summed E-state index contributed by atoms with van der Waals surface area (Å²) in [7, 11) is 0. The molecule has 0 radical (unpaired) electrons. The minimum Gasteiger partial charge on any atom is -0.481 e. The van der Waals surface area contributed by atoms with Gasteiger partial charge in [-0.3, -0.25) is 4.79 Å². The molecule has 0 aliphatic rings. The maximum absolute atomic E-state index is 10.8. The second-order valence-corrected chi connectivity index (χ2v) is 4.91. The Morgan fingerprint density at radius 3 is 2.56 bits per heavy atom. The standard InChI is InChI=1S/C16H28O2/c1-3-5-7-8-9-10-11-13-15(12-6-4-2)14-16(17)18/h3,5,7,15H,1,4,6,8-14H2,2H3,(H,17,18). The van der Waals surface area contributed by atoms with Gasteiger partial charge in [-0.25, -0.2) is 0 Å². The smallest absolute Gasteiger partial charge is 0.303 e. The average Bonchev–Trinajstić information content (AvgIpc) is 2.34. The molecule has 104 valence electrons. The molecule has 0 aliphatic heterocycles. The molecule has 0 rings (SSSR count). The molecule has 1 unspecified atom stereocenters. The first-order valence-corrected chi connectivity index (χ1v) is 7.20. The van der Waals surface area contributed by atoms with Gasteiger partial charge in [-0.2, -0.15) is 0 Å². The van der Waals surface area contributed by atoms with Crippen molar-refractivity contribution in [3.8, 4) is 0 Å². The van der Waals surface area contributed by atoms with E-state index in [0.29, 0.717) is 12.3 Å². The van der Waals surface area contributed by atoms with Gasteiger partial charge in [0.25, 0.3) is 0 Å². The molecule has 0 fully saturated rings. The largest absolute Gasteiger partial charge is 0.481 e. The highest BCUT2D eigenvalue weighted by molar-refractivity contribution is 5.66. The van der Waals surface area contributed by atoms with Crippen LogP contribution in [0, 0.1) is 5.92 Å². The minimum absolute atomic E-state index is 0.344. The first kappa shape index (κ1) is 16.9. The number of allylic oxidation sites excluding steroid dienone is 3. The van der Waals surface area contributed by atoms with Crippen molar-refractivity contribution in [1.82, 2.24) is 0 Å². The zero-order valence-electron chi connectivity index (χ0n) is 11.7. The minimum atomic E-state index is -0.648. The van der Waals surface area contributed by atoms with E-state index < -0.39 is 5.97 Å². The third-order valence-corrected chi connectivity index (χ3v) is 3.18. The Balaban J connectivity index is 3.64. The van der Waals surface area contributed by atoms with Crippen LogP contribution in [0.1, 0.15) is 64.7 Å². The molecule has 1 N–H and O–H groups in total. The SMILES string of the molecule is C=CC=CCCCCCC(CCCC)CC(=O)O. The highest BCUT2D eigenvalue weighted by Crippen LogP contribution is 2.20. The fraction of sp³-hybridized carbons (Fsp3) is 0.688. The Morgan fingerprint density at radius 1 is 1.22 bits per heavy atom. The van der Waals surface area contributed by atoms with E-state index in [4.69, 9.17) is 5.11 Å². The predicted octanol–water partition coefficient (Wildman–Crippen LogP) is 4.96. The van der Waals surface area contributed by atoms with Crippen molar-refractivity contribution in [3.63, 3.8) is 0 Å². The van der Waals surface area contributed by atoms with Gasteiger partial charge in [0.05, 0.1) is 0 Å². The molecule has 0 bridgehead atoms. The van der Waals surface area contributed by atoms with Gasteiger partial charge in [-0.1, -0.05) is 57.4 Å². The van der Waals surface area contributed by atoms with Crippen LogP contribution >= 0.6 is 0 Å². The second kappa shape index (κ2) is 12.4. The summed E-state index contributed by atoms with van der Waals surface area (Å²) >= 11 is 0. The Bertz CT molecular complexity index is 243. The topological polar surface area (TPSA) is 37.3 Å². The summed E-state index contributed by atoms with van der Waals surface area (Å²) in [5.41, 5.74) is 0. The predicted molar refractivity (Wildman–Crippen MR) is 77.7 cm³/mol. The van der Waals surface area contributed by atoms with Gasteiger partial charge in [-0.05, 0) is 31.6 Å². The van der Waals surface area contributed by atoms with E-state index in [0.717, 1.165) is 38.5 Å². The lowest BCUT2D eigenvalue weighted by atomic mass is 9.92. The zero-order valence-corrected chi connectivity index (χ0v) is 11.7. The van der Waals surface area contributed by atoms with E-state index in [1.54, 1.807) is 6.08 Å². The number of unbranched alkanes of at least 4 members (excludes halogenated alkanes) is 4. The Hall–Kier alpha value is -1.05. The Morgan fingerprint density at radius 2 is 1.94 bits per heavy atom. The quantitative estimate of drug-likeness (QED) is 0.394. The highest BCUT2D eigenvalue weighted by atomic mass is 16.4. The van der Waals surface area contributed by atoms with Gasteiger partial charge in [0.2, 0.25) is 0 Å². The molecule has 0 saturated carbocycles. The molecular formula is C16H28O2. The third kappa shape index (κ3) is 11.4. The van der Waals surface area contributed by atoms with Gasteiger partial charge in [-0.15, -0.1) is 0 Å². The van der Waals surface area contributed by atoms with Crippen LogP contribution in [0.3, 0.4) is 0 Å². The van der Waals surface area contributed by atoms with E-state index >= 15 is 0 Å². The summed E-state index contributed by atoms with van der Waals surface area (Å²) in [5.74, 6) is -0.267. The van der Waals surface area contributed by atoms with E-state index in [-0.39, 0.29) is 0 Å². The molecule has 0 aromatic rings. The summed E-state index contributed by atoms with van der Waals surface area (Å²) < 4.78 is 0. The second-order valence-electron chi connectivity index (χ2n) is 4.91. The van der Waals surface area contributed by atoms with Crippen LogP contribution < -0.4 is 0 Å². The summed E-state index contributed by atoms with van der Waals surface area (Å²) in [6, 6.07) is 0. The van der Waals surface area contributed by atoms with Crippen molar-refractivity contribution in [2.45, 2.75) is 64.7 Å². The summed E-state index contributed by atoms with van der Waals surface area (Å²) in [6.45, 7) is 5.79. The van der Waals surface area contributed by atoms with Crippen LogP contribution in [0.2, 0.25) is 0 Å². The first-order chi connectivity index (χ1) is 8.70. The van der Waals surface area contributed by atoms with Crippen LogP contribution in [0.5, 0.6) is 0 Å². The maximum atomic E-state index is 10.8. The van der Waals surface area contributed by atoms with Gasteiger partial charge >= 0.3 is 5.97 Å². The molecule has 18 heavy (non-hydrogen) atoms. The van der Waals surface area contributed by atoms with E-state index in [1.165, 1.54) is 12.8 Å². The Kier molecular flexibility index (Phi) is 11.7. The van der Waals surface area contributed by atoms with Gasteiger partial charge in [0, 0.05) is 6.42 Å². The molecule has 1 atom stereocenters. The molecule has 0 heterocycles. The van der Waals surface area contributed by atoms with Crippen LogP contribution in [-0.2, 0) is 4.79 Å². The van der Waals surface area contributed by atoms with Crippen LogP contribution in [-0.4, -0.2) is 11.1 Å². The molecule has 0 amide bonds. The van der Waals surface area contributed by atoms with Gasteiger partial charge in [0.15, 0.2) is 0 Å². The third-order valence-electron chi connectivity index (χ3n) is 3.18. The molecule has 0 aromatic carbocycles. The maximum Gasteiger partial charge on any atom is 0.303 e. The lowest BCUT2D eigenvalue weighted by molar-refractivity contribution is -0.138. The van der Waals surface area contributed by atoms with E-state index in [9.17, 15) is 4.79 Å². The van der Waals surface area contributed by atoms with Crippen LogP contribution in [0.25, 0.3) is 0 Å². The van der Waals surface area contributed by atoms with Crippen LogP contribution in [0.15, 0.2) is 24.8 Å². The van der Waals surface area contributed by atoms with Crippen LogP contribution in [0.4, 0.5) is 0 Å². The van der Waals surface area contributed by atoms with E-state index in [1.807, 2.05) is 6.08 Å². The lowest BCUT2D eigenvalue weighted by Crippen LogP contribution is -2.08. The fourth-order valence-electron chi connectivity index (χ4n) is 2.15. The number of aliphatic carboxylic acids is 1. The number of hydrogen-bond donors (Lipinski definition) is 1. The molecule has 2 nitrogen and oxygen atoms in total. The molecular weight excluding hydrogens is 224 g/mol. The van der Waals surface area contributed by atoms with Gasteiger partial charge < -0.3 is 5.11 Å². The first-order valence-electron chi connectivity index (χ1n) is 7.20. The lowest BCUT2D eigenvalue weighted by Gasteiger charge is -2.13. The molecule has 0 aromatic heterocycles. The number of rotatable bonds is 12. The number of carbonyl (C=O) groups is 1. The fourth-order valence-corrected chi connectivity index (χ4v) is 2.15. The number of carboxylic acid groups (broad SMARTS) is 1. The van der Waals surface area contributed by atoms with Crippen molar-refractivity contribution >= 4 is 5.97 Å². The normalized spacial score (nSPS) is 12.7. The van der Waals surface area contributed by atoms with Crippen molar-refractivity contribution in [2.24, 2.45) is 5.92 Å². The summed E-state index contributed by atoms with van der Waals surface area (Å²) in [6.07, 6.45) is 15.4. The molecule has 0 spiro atoms. The number of carboxylic acids is 1. The summed E-state index contributed by atoms with van der Waals surface area (Å²) in [4.78, 5) is 10.8.